The highest BCUT2D eigenvalue weighted by Crippen LogP contribution is 1.99. The summed E-state index contributed by atoms with van der Waals surface area (Å²) in [7, 11) is 0. The molecule has 1 radical (unpaired) electrons. The van der Waals surface area contributed by atoms with E-state index in [2.05, 4.69) is 12.2 Å². The Morgan fingerprint density at radius 3 is 2.60 bits per heavy atom. The zero-order valence-corrected chi connectivity index (χ0v) is 6.42. The summed E-state index contributed by atoms with van der Waals surface area (Å²) in [6.07, 6.45) is -0.208. The third kappa shape index (κ3) is 3.45. The number of nitrogens with one attached hydrogen (secondary N) is 1. The molecule has 0 saturated carbocycles. The van der Waals surface area contributed by atoms with Gasteiger partial charge in [-0.1, -0.05) is 13.8 Å². The van der Waals surface area contributed by atoms with Crippen LogP contribution in [0.15, 0.2) is 0 Å². The molecule has 0 heterocycles. The van der Waals surface area contributed by atoms with Gasteiger partial charge >= 0.3 is 0 Å². The molecule has 0 aromatic heterocycles. The number of aliphatic hydroxyl groups excluding tert-OH is 1. The Kier molecular flexibility index (Phi) is 4.03. The molecule has 2 atom stereocenters. The molecule has 0 bridgehead atoms. The van der Waals surface area contributed by atoms with Crippen molar-refractivity contribution in [1.82, 2.24) is 5.32 Å². The number of amides is 1. The number of hydrogen-bond donors (Lipinski definition) is 2. The van der Waals surface area contributed by atoms with Crippen molar-refractivity contribution in [2.24, 2.45) is 5.92 Å². The van der Waals surface area contributed by atoms with Crippen LogP contribution in [0, 0.1) is 12.8 Å². The van der Waals surface area contributed by atoms with Crippen LogP contribution in [0.1, 0.15) is 20.3 Å². The molecule has 0 aliphatic carbocycles. The van der Waals surface area contributed by atoms with Gasteiger partial charge in [0.25, 0.3) is 0 Å². The van der Waals surface area contributed by atoms with Gasteiger partial charge in [0.15, 0.2) is 0 Å². The molecule has 1 amide bonds. The molecule has 2 N–H and O–H groups in total. The van der Waals surface area contributed by atoms with Gasteiger partial charge in [-0.15, -0.1) is 0 Å². The fourth-order valence-electron chi connectivity index (χ4n) is 0.492. The van der Waals surface area contributed by atoms with Gasteiger partial charge in [-0.05, 0) is 13.3 Å². The highest BCUT2D eigenvalue weighted by molar-refractivity contribution is 5.78. The van der Waals surface area contributed by atoms with E-state index in [1.807, 2.05) is 6.92 Å². The maximum absolute atomic E-state index is 10.9. The van der Waals surface area contributed by atoms with Gasteiger partial charge < -0.3 is 10.4 Å². The molecule has 59 valence electrons. The molecule has 3 heteroatoms. The van der Waals surface area contributed by atoms with E-state index in [1.165, 1.54) is 0 Å². The molecular weight excluding hydrogens is 130 g/mol. The van der Waals surface area contributed by atoms with Crippen molar-refractivity contribution in [3.05, 3.63) is 6.92 Å². The number of carbonyl (C=O) groups is 1. The number of carbonyl (C=O) groups excluding carboxylic acids is 1. The van der Waals surface area contributed by atoms with Gasteiger partial charge in [0, 0.05) is 5.92 Å². The quantitative estimate of drug-likeness (QED) is 0.560. The zero-order valence-electron chi connectivity index (χ0n) is 6.42. The van der Waals surface area contributed by atoms with Crippen molar-refractivity contribution in [3.63, 3.8) is 0 Å². The number of aliphatic hydroxyl groups is 1. The third-order valence-corrected chi connectivity index (χ3v) is 1.37. The van der Waals surface area contributed by atoms with E-state index in [0.717, 1.165) is 6.42 Å². The van der Waals surface area contributed by atoms with Crippen molar-refractivity contribution in [3.8, 4) is 0 Å². The third-order valence-electron chi connectivity index (χ3n) is 1.37. The fourth-order valence-corrected chi connectivity index (χ4v) is 0.492. The molecule has 0 aliphatic rings. The summed E-state index contributed by atoms with van der Waals surface area (Å²) in [6.45, 7) is 6.94. The summed E-state index contributed by atoms with van der Waals surface area (Å²) < 4.78 is 0. The van der Waals surface area contributed by atoms with Crippen LogP contribution in [-0.4, -0.2) is 17.2 Å². The van der Waals surface area contributed by atoms with Crippen LogP contribution >= 0.6 is 0 Å². The van der Waals surface area contributed by atoms with Crippen molar-refractivity contribution in [1.29, 1.82) is 0 Å². The normalized spacial score (nSPS) is 16.0. The van der Waals surface area contributed by atoms with Crippen LogP contribution in [0.25, 0.3) is 0 Å². The summed E-state index contributed by atoms with van der Waals surface area (Å²) in [5, 5.41) is 10.9. The smallest absolute Gasteiger partial charge is 0.224 e. The lowest BCUT2D eigenvalue weighted by atomic mass is 10.1. The van der Waals surface area contributed by atoms with E-state index in [1.54, 1.807) is 6.92 Å². The lowest BCUT2D eigenvalue weighted by Gasteiger charge is -2.11. The van der Waals surface area contributed by atoms with Gasteiger partial charge in [-0.25, -0.2) is 0 Å². The molecule has 0 saturated heterocycles. The van der Waals surface area contributed by atoms with Gasteiger partial charge in [-0.2, -0.15) is 0 Å². The Balaban J connectivity index is 3.62. The Bertz CT molecular complexity index is 112. The van der Waals surface area contributed by atoms with Crippen molar-refractivity contribution in [2.45, 2.75) is 26.5 Å². The SMILES string of the molecule is [CH2]C(O)NC(=O)C(C)CC. The van der Waals surface area contributed by atoms with Crippen LogP contribution in [0.2, 0.25) is 0 Å². The first-order valence-electron chi connectivity index (χ1n) is 3.39. The van der Waals surface area contributed by atoms with E-state index >= 15 is 0 Å². The summed E-state index contributed by atoms with van der Waals surface area (Å²) in [5.74, 6) is -0.193. The van der Waals surface area contributed by atoms with Gasteiger partial charge in [-0.3, -0.25) is 4.79 Å². The minimum absolute atomic E-state index is 0.0450. The van der Waals surface area contributed by atoms with E-state index in [0.29, 0.717) is 0 Å². The first-order chi connectivity index (χ1) is 4.57. The molecule has 10 heavy (non-hydrogen) atoms. The fraction of sp³-hybridized carbons (Fsp3) is 0.714. The van der Waals surface area contributed by atoms with Gasteiger partial charge in [0.2, 0.25) is 5.91 Å². The predicted octanol–water partition coefficient (Wildman–Crippen LogP) is 0.301. The average Bonchev–Trinajstić information content (AvgIpc) is 1.85. The van der Waals surface area contributed by atoms with Crippen LogP contribution in [0.5, 0.6) is 0 Å². The lowest BCUT2D eigenvalue weighted by Crippen LogP contribution is -2.35. The Morgan fingerprint density at radius 2 is 2.30 bits per heavy atom. The van der Waals surface area contributed by atoms with Gasteiger partial charge in [0.1, 0.15) is 6.23 Å². The molecule has 0 rings (SSSR count). The van der Waals surface area contributed by atoms with E-state index in [9.17, 15) is 4.79 Å². The van der Waals surface area contributed by atoms with Crippen LogP contribution in [-0.2, 0) is 4.79 Å². The minimum atomic E-state index is -0.985. The van der Waals surface area contributed by atoms with Gasteiger partial charge in [0.05, 0.1) is 0 Å². The summed E-state index contributed by atoms with van der Waals surface area (Å²) in [6, 6.07) is 0. The van der Waals surface area contributed by atoms with Crippen LogP contribution in [0.3, 0.4) is 0 Å². The zero-order chi connectivity index (χ0) is 8.15. The summed E-state index contributed by atoms with van der Waals surface area (Å²) in [4.78, 5) is 10.9. The largest absolute Gasteiger partial charge is 0.374 e. The molecule has 0 fully saturated rings. The Hall–Kier alpha value is -0.570. The summed E-state index contributed by atoms with van der Waals surface area (Å²) >= 11 is 0. The number of rotatable bonds is 3. The average molecular weight is 144 g/mol. The first-order valence-corrected chi connectivity index (χ1v) is 3.39. The monoisotopic (exact) mass is 144 g/mol. The molecule has 3 nitrogen and oxygen atoms in total. The van der Waals surface area contributed by atoms with Crippen LogP contribution in [0.4, 0.5) is 0 Å². The molecule has 0 spiro atoms. The number of hydrogen-bond acceptors (Lipinski definition) is 2. The molecule has 0 aromatic rings. The standard InChI is InChI=1S/C7H14NO2/c1-4-5(2)7(10)8-6(3)9/h5-6,9H,3-4H2,1-2H3,(H,8,10). The maximum Gasteiger partial charge on any atom is 0.224 e. The predicted molar refractivity (Wildman–Crippen MR) is 39.0 cm³/mol. The van der Waals surface area contributed by atoms with E-state index in [4.69, 9.17) is 5.11 Å². The second kappa shape index (κ2) is 4.28. The summed E-state index contributed by atoms with van der Waals surface area (Å²) in [5.41, 5.74) is 0. The first kappa shape index (κ1) is 9.43. The van der Waals surface area contributed by atoms with Crippen molar-refractivity contribution < 1.29 is 9.90 Å². The highest BCUT2D eigenvalue weighted by atomic mass is 16.3. The molecule has 2 unspecified atom stereocenters. The topological polar surface area (TPSA) is 49.3 Å². The second-order valence-corrected chi connectivity index (χ2v) is 2.33. The van der Waals surface area contributed by atoms with Crippen molar-refractivity contribution >= 4 is 5.91 Å². The minimum Gasteiger partial charge on any atom is -0.374 e. The molecule has 0 aliphatic heterocycles. The molecular formula is C7H14NO2. The molecule has 0 aromatic carbocycles. The van der Waals surface area contributed by atoms with Crippen LogP contribution < -0.4 is 5.32 Å². The maximum atomic E-state index is 10.9. The second-order valence-electron chi connectivity index (χ2n) is 2.33. The Labute approximate surface area is 61.4 Å². The van der Waals surface area contributed by atoms with Crippen molar-refractivity contribution in [2.75, 3.05) is 0 Å². The lowest BCUT2D eigenvalue weighted by molar-refractivity contribution is -0.126. The van der Waals surface area contributed by atoms with E-state index < -0.39 is 6.23 Å². The highest BCUT2D eigenvalue weighted by Gasteiger charge is 2.10. The Morgan fingerprint density at radius 1 is 1.80 bits per heavy atom. The van der Waals surface area contributed by atoms with E-state index in [-0.39, 0.29) is 11.8 Å².